The zero-order chi connectivity index (χ0) is 20.1. The molecule has 28 heavy (non-hydrogen) atoms. The predicted octanol–water partition coefficient (Wildman–Crippen LogP) is 2.05. The molecule has 1 aliphatic rings. The minimum atomic E-state index is -0.409. The summed E-state index contributed by atoms with van der Waals surface area (Å²) in [6.07, 6.45) is 7.03. The van der Waals surface area contributed by atoms with Gasteiger partial charge in [0, 0.05) is 45.2 Å². The number of aryl methyl sites for hydroxylation is 1. The normalized spacial score (nSPS) is 17.8. The van der Waals surface area contributed by atoms with Gasteiger partial charge in [-0.05, 0) is 25.0 Å². The number of anilines is 1. The summed E-state index contributed by atoms with van der Waals surface area (Å²) in [7, 11) is 3.67. The van der Waals surface area contributed by atoms with Gasteiger partial charge >= 0.3 is 0 Å². The fourth-order valence-corrected chi connectivity index (χ4v) is 2.95. The van der Waals surface area contributed by atoms with Crippen molar-refractivity contribution in [3.8, 4) is 0 Å². The van der Waals surface area contributed by atoms with Crippen molar-refractivity contribution >= 4 is 23.1 Å². The molecule has 2 N–H and O–H groups in total. The van der Waals surface area contributed by atoms with Crippen LogP contribution in [0.5, 0.6) is 0 Å². The first-order valence-electron chi connectivity index (χ1n) is 9.13. The number of fused-ring (bicyclic) bond motifs is 3. The van der Waals surface area contributed by atoms with Gasteiger partial charge in [0.2, 0.25) is 0 Å². The van der Waals surface area contributed by atoms with Gasteiger partial charge in [0.1, 0.15) is 5.69 Å². The second-order valence-corrected chi connectivity index (χ2v) is 6.66. The summed E-state index contributed by atoms with van der Waals surface area (Å²) < 4.78 is 1.50. The SMILES string of the molecule is C=C/C1=C\N(C)CCCCNC(=O)c2nn(C)cc2NC(=O)c2cccc1n2. The Balaban J connectivity index is 1.99. The lowest BCUT2D eigenvalue weighted by atomic mass is 10.1. The fraction of sp³-hybridized carbons (Fsp3) is 0.300. The van der Waals surface area contributed by atoms with Crippen LogP contribution in [-0.4, -0.2) is 51.6 Å². The van der Waals surface area contributed by atoms with E-state index in [4.69, 9.17) is 0 Å². The van der Waals surface area contributed by atoms with Crippen LogP contribution in [0.4, 0.5) is 5.69 Å². The smallest absolute Gasteiger partial charge is 0.274 e. The number of nitrogens with zero attached hydrogens (tertiary/aromatic N) is 4. The number of carbonyl (C=O) groups is 2. The van der Waals surface area contributed by atoms with E-state index in [1.807, 2.05) is 19.3 Å². The highest BCUT2D eigenvalue weighted by atomic mass is 16.2. The predicted molar refractivity (Wildman–Crippen MR) is 108 cm³/mol. The first-order chi connectivity index (χ1) is 13.5. The summed E-state index contributed by atoms with van der Waals surface area (Å²) in [4.78, 5) is 31.7. The second-order valence-electron chi connectivity index (χ2n) is 6.66. The number of allylic oxidation sites excluding steroid dienone is 2. The van der Waals surface area contributed by atoms with E-state index >= 15 is 0 Å². The zero-order valence-corrected chi connectivity index (χ0v) is 16.1. The van der Waals surface area contributed by atoms with Crippen LogP contribution in [0.15, 0.2) is 43.3 Å². The van der Waals surface area contributed by atoms with Crippen molar-refractivity contribution in [2.75, 3.05) is 25.5 Å². The molecule has 1 aliphatic heterocycles. The van der Waals surface area contributed by atoms with Crippen LogP contribution in [0.2, 0.25) is 0 Å². The summed E-state index contributed by atoms with van der Waals surface area (Å²) in [5.74, 6) is -0.723. The van der Waals surface area contributed by atoms with Crippen LogP contribution in [-0.2, 0) is 7.05 Å². The quantitative estimate of drug-likeness (QED) is 0.790. The highest BCUT2D eigenvalue weighted by molar-refractivity contribution is 6.07. The molecule has 2 aromatic rings. The Kier molecular flexibility index (Phi) is 5.88. The van der Waals surface area contributed by atoms with Gasteiger partial charge in [0.25, 0.3) is 11.8 Å². The molecule has 8 heteroatoms. The van der Waals surface area contributed by atoms with Gasteiger partial charge in [0.15, 0.2) is 5.69 Å². The molecule has 3 rings (SSSR count). The third kappa shape index (κ3) is 4.46. The van der Waals surface area contributed by atoms with Crippen molar-refractivity contribution in [2.24, 2.45) is 7.05 Å². The van der Waals surface area contributed by atoms with Crippen LogP contribution in [0, 0.1) is 0 Å². The molecular formula is C20H24N6O2. The monoisotopic (exact) mass is 380 g/mol. The highest BCUT2D eigenvalue weighted by Crippen LogP contribution is 2.17. The van der Waals surface area contributed by atoms with Gasteiger partial charge in [-0.1, -0.05) is 18.7 Å². The van der Waals surface area contributed by atoms with E-state index in [1.165, 1.54) is 4.68 Å². The molecule has 2 amide bonds. The third-order valence-corrected chi connectivity index (χ3v) is 4.37. The lowest BCUT2D eigenvalue weighted by Crippen LogP contribution is -2.27. The second kappa shape index (κ2) is 8.51. The minimum absolute atomic E-state index is 0.183. The van der Waals surface area contributed by atoms with Crippen LogP contribution in [0.3, 0.4) is 0 Å². The van der Waals surface area contributed by atoms with Crippen molar-refractivity contribution < 1.29 is 9.59 Å². The van der Waals surface area contributed by atoms with E-state index in [2.05, 4.69) is 32.2 Å². The Morgan fingerprint density at radius 3 is 2.71 bits per heavy atom. The number of carbonyl (C=O) groups excluding carboxylic acids is 2. The standard InChI is InChI=1S/C20H24N6O2/c1-4-14-12-25(2)11-6-5-10-21-20(28)18-17(13-26(3)24-18)23-19(27)16-9-7-8-15(14)22-16/h4,7-9,12-13H,1,5-6,10-11H2,2-3H3,(H,21,28)(H,23,27)/b14-12+. The molecule has 8 nitrogen and oxygen atoms in total. The maximum Gasteiger partial charge on any atom is 0.274 e. The first kappa shape index (κ1) is 19.3. The number of hydrogen-bond donors (Lipinski definition) is 2. The lowest BCUT2D eigenvalue weighted by molar-refractivity contribution is 0.0948. The van der Waals surface area contributed by atoms with Crippen molar-refractivity contribution in [2.45, 2.75) is 12.8 Å². The van der Waals surface area contributed by atoms with Crippen LogP contribution >= 0.6 is 0 Å². The molecule has 146 valence electrons. The number of aromatic nitrogens is 3. The average molecular weight is 380 g/mol. The molecule has 0 unspecified atom stereocenters. The van der Waals surface area contributed by atoms with Crippen LogP contribution < -0.4 is 10.6 Å². The molecule has 0 spiro atoms. The Morgan fingerprint density at radius 1 is 1.14 bits per heavy atom. The van der Waals surface area contributed by atoms with Gasteiger partial charge in [0.05, 0.1) is 11.4 Å². The molecule has 2 aromatic heterocycles. The van der Waals surface area contributed by atoms with Gasteiger partial charge in [-0.15, -0.1) is 0 Å². The fourth-order valence-electron chi connectivity index (χ4n) is 2.95. The van der Waals surface area contributed by atoms with E-state index in [0.717, 1.165) is 25.0 Å². The van der Waals surface area contributed by atoms with E-state index in [-0.39, 0.29) is 17.3 Å². The van der Waals surface area contributed by atoms with Gasteiger partial charge in [-0.2, -0.15) is 5.10 Å². The van der Waals surface area contributed by atoms with Crippen molar-refractivity contribution in [1.29, 1.82) is 0 Å². The number of amides is 2. The third-order valence-electron chi connectivity index (χ3n) is 4.37. The van der Waals surface area contributed by atoms with E-state index in [9.17, 15) is 9.59 Å². The molecule has 0 saturated carbocycles. The Morgan fingerprint density at radius 2 is 1.93 bits per heavy atom. The van der Waals surface area contributed by atoms with Crippen molar-refractivity contribution in [1.82, 2.24) is 25.0 Å². The molecule has 0 aliphatic carbocycles. The minimum Gasteiger partial charge on any atom is -0.380 e. The molecule has 0 atom stereocenters. The molecule has 0 aromatic carbocycles. The number of rotatable bonds is 1. The largest absolute Gasteiger partial charge is 0.380 e. The van der Waals surface area contributed by atoms with Crippen LogP contribution in [0.1, 0.15) is 39.5 Å². The first-order valence-corrected chi connectivity index (χ1v) is 9.13. The van der Waals surface area contributed by atoms with Crippen molar-refractivity contribution in [3.63, 3.8) is 0 Å². The molecule has 0 fully saturated rings. The maximum atomic E-state index is 12.7. The number of pyridine rings is 1. The molecule has 0 radical (unpaired) electrons. The Bertz CT molecular complexity index is 931. The highest BCUT2D eigenvalue weighted by Gasteiger charge is 2.19. The summed E-state index contributed by atoms with van der Waals surface area (Å²) in [5, 5.41) is 9.78. The van der Waals surface area contributed by atoms with Gasteiger partial charge < -0.3 is 15.5 Å². The zero-order valence-electron chi connectivity index (χ0n) is 16.1. The average Bonchev–Trinajstić information content (AvgIpc) is 3.05. The van der Waals surface area contributed by atoms with E-state index < -0.39 is 5.91 Å². The summed E-state index contributed by atoms with van der Waals surface area (Å²) in [5.41, 5.74) is 2.27. The molecular weight excluding hydrogens is 356 g/mol. The Labute approximate surface area is 163 Å². The molecule has 0 saturated heterocycles. The number of nitrogens with one attached hydrogen (secondary N) is 2. The molecule has 3 heterocycles. The van der Waals surface area contributed by atoms with Crippen molar-refractivity contribution in [3.05, 3.63) is 60.3 Å². The van der Waals surface area contributed by atoms with Gasteiger partial charge in [-0.25, -0.2) is 4.98 Å². The maximum absolute atomic E-state index is 12.7. The van der Waals surface area contributed by atoms with Gasteiger partial charge in [-0.3, -0.25) is 14.3 Å². The topological polar surface area (TPSA) is 92.2 Å². The summed E-state index contributed by atoms with van der Waals surface area (Å²) >= 11 is 0. The summed E-state index contributed by atoms with van der Waals surface area (Å²) in [6.45, 7) is 5.23. The Hall–Kier alpha value is -3.42. The van der Waals surface area contributed by atoms with E-state index in [1.54, 1.807) is 31.5 Å². The number of hydrogen-bond acceptors (Lipinski definition) is 5. The van der Waals surface area contributed by atoms with Crippen LogP contribution in [0.25, 0.3) is 5.57 Å². The molecule has 2 bridgehead atoms. The lowest BCUT2D eigenvalue weighted by Gasteiger charge is -2.16. The summed E-state index contributed by atoms with van der Waals surface area (Å²) in [6, 6.07) is 5.24. The van der Waals surface area contributed by atoms with E-state index in [0.29, 0.717) is 17.9 Å².